The van der Waals surface area contributed by atoms with Crippen LogP contribution in [0.25, 0.3) is 5.65 Å². The first-order chi connectivity index (χ1) is 15.5. The second kappa shape index (κ2) is 10.1. The number of pyridine rings is 1. The molecule has 172 valence electrons. The smallest absolute Gasteiger partial charge is 0.347 e. The molecule has 3 heterocycles. The van der Waals surface area contributed by atoms with E-state index in [1.807, 2.05) is 6.08 Å². The van der Waals surface area contributed by atoms with Gasteiger partial charge in [-0.05, 0) is 76.1 Å². The average Bonchev–Trinajstić information content (AvgIpc) is 3.40. The molecule has 2 aromatic heterocycles. The molecule has 4 rings (SSSR count). The maximum Gasteiger partial charge on any atom is 0.347 e. The van der Waals surface area contributed by atoms with Gasteiger partial charge in [0.05, 0.1) is 5.56 Å². The summed E-state index contributed by atoms with van der Waals surface area (Å²) in [5.74, 6) is 0.679. The van der Waals surface area contributed by atoms with E-state index >= 15 is 0 Å². The van der Waals surface area contributed by atoms with Crippen molar-refractivity contribution in [2.45, 2.75) is 44.6 Å². The predicted molar refractivity (Wildman–Crippen MR) is 121 cm³/mol. The van der Waals surface area contributed by atoms with Gasteiger partial charge in [-0.3, -0.25) is 14.5 Å². The Labute approximate surface area is 187 Å². The van der Waals surface area contributed by atoms with Gasteiger partial charge in [-0.25, -0.2) is 14.3 Å². The molecule has 1 aliphatic heterocycles. The molecule has 0 bridgehead atoms. The van der Waals surface area contributed by atoms with Gasteiger partial charge >= 0.3 is 5.69 Å². The van der Waals surface area contributed by atoms with Crippen molar-refractivity contribution in [3.05, 3.63) is 46.5 Å². The Balaban J connectivity index is 1.17. The maximum absolute atomic E-state index is 12.6. The number of fused-ring (bicyclic) bond motifs is 1. The highest BCUT2D eigenvalue weighted by molar-refractivity contribution is 5.99. The molecule has 0 aromatic carbocycles. The zero-order valence-corrected chi connectivity index (χ0v) is 18.5. The summed E-state index contributed by atoms with van der Waals surface area (Å²) < 4.78 is 1.33. The summed E-state index contributed by atoms with van der Waals surface area (Å²) in [5.41, 5.74) is 0.364. The topological polar surface area (TPSA) is 112 Å². The van der Waals surface area contributed by atoms with Crippen molar-refractivity contribution in [2.24, 2.45) is 11.8 Å². The number of nitrogens with zero attached hydrogens (tertiary/aromatic N) is 3. The minimum Gasteiger partial charge on any atom is -0.352 e. The van der Waals surface area contributed by atoms with Crippen LogP contribution >= 0.6 is 0 Å². The molecule has 2 aromatic rings. The molecular formula is C23H32N6O3. The zero-order valence-electron chi connectivity index (χ0n) is 18.5. The van der Waals surface area contributed by atoms with Crippen molar-refractivity contribution in [3.63, 3.8) is 0 Å². The van der Waals surface area contributed by atoms with E-state index in [4.69, 9.17) is 0 Å². The number of aromatic amines is 1. The van der Waals surface area contributed by atoms with E-state index in [0.29, 0.717) is 42.2 Å². The van der Waals surface area contributed by atoms with Crippen LogP contribution in [0.1, 0.15) is 48.9 Å². The number of hydrogen-bond acceptors (Lipinski definition) is 5. The molecule has 32 heavy (non-hydrogen) atoms. The van der Waals surface area contributed by atoms with Gasteiger partial charge in [0, 0.05) is 31.4 Å². The van der Waals surface area contributed by atoms with Crippen LogP contribution in [-0.4, -0.2) is 64.0 Å². The van der Waals surface area contributed by atoms with Crippen LogP contribution in [0, 0.1) is 11.8 Å². The third-order valence-corrected chi connectivity index (χ3v) is 6.82. The van der Waals surface area contributed by atoms with Crippen LogP contribution in [0.15, 0.2) is 35.3 Å². The SMILES string of the molecule is CN1CCCC1/C=C/C(=O)NC[C@H]1CC[C@H](CNC(=O)c2cccn3c(=O)[nH]nc23)CC1. The number of aromatic nitrogens is 3. The molecule has 3 N–H and O–H groups in total. The van der Waals surface area contributed by atoms with E-state index in [0.717, 1.165) is 38.6 Å². The van der Waals surface area contributed by atoms with E-state index in [2.05, 4.69) is 32.8 Å². The summed E-state index contributed by atoms with van der Waals surface area (Å²) in [4.78, 5) is 38.7. The molecule has 1 aliphatic carbocycles. The summed E-state index contributed by atoms with van der Waals surface area (Å²) in [6, 6.07) is 3.72. The van der Waals surface area contributed by atoms with Crippen molar-refractivity contribution >= 4 is 17.5 Å². The highest BCUT2D eigenvalue weighted by atomic mass is 16.2. The molecule has 9 heteroatoms. The van der Waals surface area contributed by atoms with E-state index in [1.165, 1.54) is 10.8 Å². The van der Waals surface area contributed by atoms with Gasteiger partial charge in [-0.2, -0.15) is 5.10 Å². The first-order valence-corrected chi connectivity index (χ1v) is 11.5. The fraction of sp³-hybridized carbons (Fsp3) is 0.565. The minimum atomic E-state index is -0.360. The van der Waals surface area contributed by atoms with Crippen molar-refractivity contribution in [1.29, 1.82) is 0 Å². The highest BCUT2D eigenvalue weighted by Crippen LogP contribution is 2.28. The molecule has 2 aliphatic rings. The number of likely N-dealkylation sites (N-methyl/N-ethyl adjacent to an activating group) is 1. The molecular weight excluding hydrogens is 408 g/mol. The summed E-state index contributed by atoms with van der Waals surface area (Å²) in [6.45, 7) is 2.41. The monoisotopic (exact) mass is 440 g/mol. The number of rotatable bonds is 7. The number of nitrogens with one attached hydrogen (secondary N) is 3. The van der Waals surface area contributed by atoms with Gasteiger partial charge in [-0.1, -0.05) is 6.08 Å². The Morgan fingerprint density at radius 3 is 2.56 bits per heavy atom. The summed E-state index contributed by atoms with van der Waals surface area (Å²) in [6.07, 6.45) is 11.7. The summed E-state index contributed by atoms with van der Waals surface area (Å²) in [5, 5.41) is 12.3. The van der Waals surface area contributed by atoms with Crippen LogP contribution in [0.2, 0.25) is 0 Å². The Morgan fingerprint density at radius 2 is 1.88 bits per heavy atom. The lowest BCUT2D eigenvalue weighted by Gasteiger charge is -2.28. The van der Waals surface area contributed by atoms with Crippen LogP contribution < -0.4 is 16.3 Å². The summed E-state index contributed by atoms with van der Waals surface area (Å²) >= 11 is 0. The standard InChI is InChI=1S/C23H32N6O3/c1-28-12-2-4-18(28)10-11-20(30)24-14-16-6-8-17(9-7-16)15-25-22(31)19-5-3-13-29-21(19)26-27-23(29)32/h3,5,10-11,13,16-18H,2,4,6-9,12,14-15H2,1H3,(H,24,30)(H,25,31)(H,27,32)/b11-10+/t16-,17-,18?. The fourth-order valence-corrected chi connectivity index (χ4v) is 4.76. The molecule has 1 saturated heterocycles. The van der Waals surface area contributed by atoms with E-state index in [-0.39, 0.29) is 17.5 Å². The Hall–Kier alpha value is -2.94. The van der Waals surface area contributed by atoms with Crippen molar-refractivity contribution < 1.29 is 9.59 Å². The van der Waals surface area contributed by atoms with Crippen molar-refractivity contribution in [2.75, 3.05) is 26.7 Å². The molecule has 1 atom stereocenters. The number of carbonyl (C=O) groups is 2. The average molecular weight is 441 g/mol. The zero-order chi connectivity index (χ0) is 22.5. The quantitative estimate of drug-likeness (QED) is 0.563. The molecule has 1 unspecified atom stereocenters. The van der Waals surface area contributed by atoms with Crippen LogP contribution in [0.4, 0.5) is 0 Å². The third kappa shape index (κ3) is 5.27. The largest absolute Gasteiger partial charge is 0.352 e. The fourth-order valence-electron chi connectivity index (χ4n) is 4.76. The number of H-pyrrole nitrogens is 1. The molecule has 0 spiro atoms. The Morgan fingerprint density at radius 1 is 1.16 bits per heavy atom. The third-order valence-electron chi connectivity index (χ3n) is 6.82. The number of carbonyl (C=O) groups excluding carboxylic acids is 2. The van der Waals surface area contributed by atoms with Crippen molar-refractivity contribution in [3.8, 4) is 0 Å². The van der Waals surface area contributed by atoms with Gasteiger partial charge in [0.15, 0.2) is 5.65 Å². The number of hydrogen-bond donors (Lipinski definition) is 3. The van der Waals surface area contributed by atoms with Crippen LogP contribution in [0.3, 0.4) is 0 Å². The van der Waals surface area contributed by atoms with Gasteiger partial charge in [0.2, 0.25) is 5.91 Å². The predicted octanol–water partition coefficient (Wildman–Crippen LogP) is 1.33. The van der Waals surface area contributed by atoms with Gasteiger partial charge in [0.1, 0.15) is 0 Å². The van der Waals surface area contributed by atoms with Crippen molar-refractivity contribution in [1.82, 2.24) is 30.1 Å². The summed E-state index contributed by atoms with van der Waals surface area (Å²) in [7, 11) is 2.10. The number of likely N-dealkylation sites (tertiary alicyclic amines) is 1. The normalized spacial score (nSPS) is 24.2. The maximum atomic E-state index is 12.6. The Kier molecular flexibility index (Phi) is 7.04. The van der Waals surface area contributed by atoms with Crippen LogP contribution in [-0.2, 0) is 4.79 Å². The first kappa shape index (κ1) is 22.3. The lowest BCUT2D eigenvalue weighted by molar-refractivity contribution is -0.116. The van der Waals surface area contributed by atoms with E-state index in [9.17, 15) is 14.4 Å². The lowest BCUT2D eigenvalue weighted by atomic mass is 9.82. The number of amides is 2. The van der Waals surface area contributed by atoms with Gasteiger partial charge < -0.3 is 10.6 Å². The second-order valence-electron chi connectivity index (χ2n) is 9.04. The molecule has 0 radical (unpaired) electrons. The minimum absolute atomic E-state index is 0.00802. The van der Waals surface area contributed by atoms with Gasteiger partial charge in [0.25, 0.3) is 5.91 Å². The Bertz CT molecular complexity index is 1030. The molecule has 2 amide bonds. The highest BCUT2D eigenvalue weighted by Gasteiger charge is 2.23. The molecule has 1 saturated carbocycles. The lowest BCUT2D eigenvalue weighted by Crippen LogP contribution is -2.34. The second-order valence-corrected chi connectivity index (χ2v) is 9.04. The molecule has 2 fully saturated rings. The van der Waals surface area contributed by atoms with E-state index in [1.54, 1.807) is 24.4 Å². The van der Waals surface area contributed by atoms with Crippen LogP contribution in [0.5, 0.6) is 0 Å². The van der Waals surface area contributed by atoms with E-state index < -0.39 is 0 Å². The first-order valence-electron chi connectivity index (χ1n) is 11.5. The molecule has 9 nitrogen and oxygen atoms in total. The van der Waals surface area contributed by atoms with Gasteiger partial charge in [-0.15, -0.1) is 0 Å².